The van der Waals surface area contributed by atoms with Gasteiger partial charge < -0.3 is 14.8 Å². The van der Waals surface area contributed by atoms with Gasteiger partial charge in [-0.15, -0.1) is 11.3 Å². The number of hydrogen-bond acceptors (Lipinski definition) is 5. The van der Waals surface area contributed by atoms with Crippen LogP contribution < -0.4 is 10.1 Å². The van der Waals surface area contributed by atoms with Gasteiger partial charge in [-0.05, 0) is 61.6 Å². The molecule has 1 aliphatic carbocycles. The SMILES string of the molecule is CCOC(=O)c1c(C2CC2)csc1NC(=O)COc1c(C)cccc1C. The first-order valence-corrected chi connectivity index (χ1v) is 9.66. The van der Waals surface area contributed by atoms with Crippen molar-refractivity contribution < 1.29 is 19.1 Å². The molecule has 5 nitrogen and oxygen atoms in total. The minimum Gasteiger partial charge on any atom is -0.483 e. The van der Waals surface area contributed by atoms with E-state index in [9.17, 15) is 9.59 Å². The van der Waals surface area contributed by atoms with Gasteiger partial charge >= 0.3 is 5.97 Å². The minimum absolute atomic E-state index is 0.107. The van der Waals surface area contributed by atoms with Gasteiger partial charge in [0.15, 0.2) is 6.61 Å². The van der Waals surface area contributed by atoms with Gasteiger partial charge in [-0.1, -0.05) is 18.2 Å². The number of hydrogen-bond donors (Lipinski definition) is 1. The molecule has 1 saturated carbocycles. The molecule has 26 heavy (non-hydrogen) atoms. The summed E-state index contributed by atoms with van der Waals surface area (Å²) < 4.78 is 10.9. The molecule has 6 heteroatoms. The largest absolute Gasteiger partial charge is 0.483 e. The maximum atomic E-state index is 12.4. The van der Waals surface area contributed by atoms with Crippen molar-refractivity contribution in [2.45, 2.75) is 39.5 Å². The summed E-state index contributed by atoms with van der Waals surface area (Å²) in [4.78, 5) is 24.7. The zero-order chi connectivity index (χ0) is 18.7. The Kier molecular flexibility index (Phi) is 5.61. The lowest BCUT2D eigenvalue weighted by Crippen LogP contribution is -2.21. The van der Waals surface area contributed by atoms with Crippen LogP contribution in [0.15, 0.2) is 23.6 Å². The summed E-state index contributed by atoms with van der Waals surface area (Å²) in [6.45, 7) is 5.87. The van der Waals surface area contributed by atoms with Crippen LogP contribution in [0, 0.1) is 13.8 Å². The molecule has 0 radical (unpaired) electrons. The average Bonchev–Trinajstić information content (AvgIpc) is 3.35. The van der Waals surface area contributed by atoms with Gasteiger partial charge in [-0.2, -0.15) is 0 Å². The Morgan fingerprint density at radius 2 is 1.92 bits per heavy atom. The number of anilines is 1. The normalized spacial score (nSPS) is 13.3. The third-order valence-corrected chi connectivity index (χ3v) is 5.24. The first kappa shape index (κ1) is 18.5. The molecular weight excluding hydrogens is 350 g/mol. The van der Waals surface area contributed by atoms with Crippen LogP contribution in [0.2, 0.25) is 0 Å². The van der Waals surface area contributed by atoms with E-state index >= 15 is 0 Å². The van der Waals surface area contributed by atoms with E-state index in [1.54, 1.807) is 6.92 Å². The molecule has 1 aromatic carbocycles. The molecule has 1 N–H and O–H groups in total. The lowest BCUT2D eigenvalue weighted by Gasteiger charge is -2.12. The van der Waals surface area contributed by atoms with Crippen molar-refractivity contribution in [2.75, 3.05) is 18.5 Å². The summed E-state index contributed by atoms with van der Waals surface area (Å²) >= 11 is 1.37. The molecule has 1 aromatic heterocycles. The van der Waals surface area contributed by atoms with Crippen molar-refractivity contribution in [3.8, 4) is 5.75 Å². The summed E-state index contributed by atoms with van der Waals surface area (Å²) in [5.74, 6) is 0.462. The Labute approximate surface area is 157 Å². The number of nitrogens with one attached hydrogen (secondary N) is 1. The smallest absolute Gasteiger partial charge is 0.341 e. The molecule has 0 bridgehead atoms. The minimum atomic E-state index is -0.374. The van der Waals surface area contributed by atoms with Crippen LogP contribution in [0.5, 0.6) is 5.75 Å². The second-order valence-corrected chi connectivity index (χ2v) is 7.33. The zero-order valence-electron chi connectivity index (χ0n) is 15.3. The van der Waals surface area contributed by atoms with E-state index in [4.69, 9.17) is 9.47 Å². The zero-order valence-corrected chi connectivity index (χ0v) is 16.1. The van der Waals surface area contributed by atoms with Crippen LogP contribution in [-0.4, -0.2) is 25.1 Å². The van der Waals surface area contributed by atoms with Crippen molar-refractivity contribution >= 4 is 28.2 Å². The van der Waals surface area contributed by atoms with Gasteiger partial charge in [-0.25, -0.2) is 4.79 Å². The van der Waals surface area contributed by atoms with Crippen molar-refractivity contribution in [2.24, 2.45) is 0 Å². The molecule has 0 atom stereocenters. The van der Waals surface area contributed by atoms with Crippen molar-refractivity contribution in [1.82, 2.24) is 0 Å². The van der Waals surface area contributed by atoms with Crippen LogP contribution in [0.1, 0.15) is 52.7 Å². The highest BCUT2D eigenvalue weighted by molar-refractivity contribution is 7.15. The quantitative estimate of drug-likeness (QED) is 0.729. The Morgan fingerprint density at radius 1 is 1.23 bits per heavy atom. The number of rotatable bonds is 7. The molecule has 3 rings (SSSR count). The predicted molar refractivity (Wildman–Crippen MR) is 102 cm³/mol. The van der Waals surface area contributed by atoms with Crippen LogP contribution in [0.25, 0.3) is 0 Å². The van der Waals surface area contributed by atoms with E-state index in [1.807, 2.05) is 37.4 Å². The van der Waals surface area contributed by atoms with Crippen LogP contribution >= 0.6 is 11.3 Å². The molecule has 1 fully saturated rings. The number of amides is 1. The maximum absolute atomic E-state index is 12.4. The monoisotopic (exact) mass is 373 g/mol. The highest BCUT2D eigenvalue weighted by Crippen LogP contribution is 2.46. The molecular formula is C20H23NO4S. The Morgan fingerprint density at radius 3 is 2.54 bits per heavy atom. The molecule has 0 saturated heterocycles. The molecule has 0 spiro atoms. The van der Waals surface area contributed by atoms with Crippen molar-refractivity contribution in [1.29, 1.82) is 0 Å². The summed E-state index contributed by atoms with van der Waals surface area (Å²) in [5, 5.41) is 5.31. The molecule has 1 aliphatic rings. The number of carbonyl (C=O) groups is 2. The van der Waals surface area contributed by atoms with E-state index in [1.165, 1.54) is 11.3 Å². The fraction of sp³-hybridized carbons (Fsp3) is 0.400. The van der Waals surface area contributed by atoms with Crippen molar-refractivity contribution in [3.05, 3.63) is 45.8 Å². The standard InChI is InChI=1S/C20H23NO4S/c1-4-24-20(23)17-15(14-8-9-14)11-26-19(17)21-16(22)10-25-18-12(2)6-5-7-13(18)3/h5-7,11,14H,4,8-10H2,1-3H3,(H,21,22). The molecule has 0 unspecified atom stereocenters. The number of benzene rings is 1. The highest BCUT2D eigenvalue weighted by Gasteiger charge is 2.32. The number of esters is 1. The molecule has 138 valence electrons. The fourth-order valence-corrected chi connectivity index (χ4v) is 3.95. The second kappa shape index (κ2) is 7.91. The molecule has 1 amide bonds. The average molecular weight is 373 g/mol. The summed E-state index contributed by atoms with van der Waals surface area (Å²) in [7, 11) is 0. The van der Waals surface area contributed by atoms with Gasteiger partial charge in [0.25, 0.3) is 5.91 Å². The van der Waals surface area contributed by atoms with Crippen LogP contribution in [0.4, 0.5) is 5.00 Å². The number of thiophene rings is 1. The van der Waals surface area contributed by atoms with Crippen LogP contribution in [0.3, 0.4) is 0 Å². The number of ether oxygens (including phenoxy) is 2. The Balaban J connectivity index is 1.70. The van der Waals surface area contributed by atoms with E-state index < -0.39 is 0 Å². The number of carbonyl (C=O) groups excluding carboxylic acids is 2. The second-order valence-electron chi connectivity index (χ2n) is 6.45. The Bertz CT molecular complexity index is 803. The number of aryl methyl sites for hydroxylation is 2. The predicted octanol–water partition coefficient (Wildman–Crippen LogP) is 4.44. The summed E-state index contributed by atoms with van der Waals surface area (Å²) in [6, 6.07) is 5.84. The van der Waals surface area contributed by atoms with Gasteiger partial charge in [0.2, 0.25) is 0 Å². The third-order valence-electron chi connectivity index (χ3n) is 4.33. The first-order chi connectivity index (χ1) is 12.5. The molecule has 2 aromatic rings. The highest BCUT2D eigenvalue weighted by atomic mass is 32.1. The van der Waals surface area contributed by atoms with E-state index in [0.717, 1.165) is 35.3 Å². The summed E-state index contributed by atoms with van der Waals surface area (Å²) in [5.41, 5.74) is 3.45. The van der Waals surface area contributed by atoms with Gasteiger partial charge in [-0.3, -0.25) is 4.79 Å². The van der Waals surface area contributed by atoms with Gasteiger partial charge in [0.1, 0.15) is 10.8 Å². The van der Waals surface area contributed by atoms with Crippen molar-refractivity contribution in [3.63, 3.8) is 0 Å². The topological polar surface area (TPSA) is 64.6 Å². The molecule has 1 heterocycles. The third kappa shape index (κ3) is 4.07. The maximum Gasteiger partial charge on any atom is 0.341 e. The fourth-order valence-electron chi connectivity index (χ4n) is 2.90. The Hall–Kier alpha value is -2.34. The van der Waals surface area contributed by atoms with E-state index in [2.05, 4.69) is 5.32 Å². The molecule has 0 aliphatic heterocycles. The lowest BCUT2D eigenvalue weighted by molar-refractivity contribution is -0.118. The summed E-state index contributed by atoms with van der Waals surface area (Å²) in [6.07, 6.45) is 2.15. The van der Waals surface area contributed by atoms with Gasteiger partial charge in [0, 0.05) is 0 Å². The van der Waals surface area contributed by atoms with E-state index in [0.29, 0.717) is 23.1 Å². The number of para-hydroxylation sites is 1. The lowest BCUT2D eigenvalue weighted by atomic mass is 10.1. The van der Waals surface area contributed by atoms with Gasteiger partial charge in [0.05, 0.1) is 12.2 Å². The first-order valence-electron chi connectivity index (χ1n) is 8.78. The van der Waals surface area contributed by atoms with E-state index in [-0.39, 0.29) is 18.5 Å². The van der Waals surface area contributed by atoms with Crippen LogP contribution in [-0.2, 0) is 9.53 Å².